The number of piperazine rings is 1. The van der Waals surface area contributed by atoms with Crippen LogP contribution in [0.4, 0.5) is 5.69 Å². The van der Waals surface area contributed by atoms with Crippen LogP contribution in [0.5, 0.6) is 11.5 Å². The van der Waals surface area contributed by atoms with Crippen molar-refractivity contribution in [1.82, 2.24) is 19.7 Å². The van der Waals surface area contributed by atoms with Crippen LogP contribution < -0.4 is 14.4 Å². The fraction of sp³-hybridized carbons (Fsp3) is 0.438. The number of methoxy groups -OCH3 is 2. The molecule has 3 heterocycles. The zero-order chi connectivity index (χ0) is 17.1. The average molecular weight is 331 g/mol. The smallest absolute Gasteiger partial charge is 0.241 e. The number of anilines is 1. The van der Waals surface area contributed by atoms with Crippen molar-refractivity contribution < 1.29 is 14.3 Å². The van der Waals surface area contributed by atoms with Gasteiger partial charge < -0.3 is 14.4 Å². The van der Waals surface area contributed by atoms with E-state index in [4.69, 9.17) is 9.47 Å². The summed E-state index contributed by atoms with van der Waals surface area (Å²) >= 11 is 0. The molecule has 0 aromatic carbocycles. The van der Waals surface area contributed by atoms with E-state index in [1.165, 1.54) is 0 Å². The Morgan fingerprint density at radius 3 is 2.71 bits per heavy atom. The molecule has 1 saturated heterocycles. The van der Waals surface area contributed by atoms with Crippen LogP contribution in [-0.4, -0.2) is 59.4 Å². The minimum Gasteiger partial charge on any atom is -0.493 e. The topological polar surface area (TPSA) is 72.7 Å². The van der Waals surface area contributed by atoms with Gasteiger partial charge in [-0.05, 0) is 0 Å². The number of amides is 1. The van der Waals surface area contributed by atoms with Gasteiger partial charge in [0.05, 0.1) is 32.6 Å². The number of carbonyl (C=O) groups is 1. The maximum atomic E-state index is 12.5. The monoisotopic (exact) mass is 331 g/mol. The van der Waals surface area contributed by atoms with Gasteiger partial charge in [-0.15, -0.1) is 0 Å². The normalized spacial score (nSPS) is 15.6. The molecule has 24 heavy (non-hydrogen) atoms. The number of aryl methyl sites for hydroxylation is 1. The summed E-state index contributed by atoms with van der Waals surface area (Å²) < 4.78 is 12.4. The summed E-state index contributed by atoms with van der Waals surface area (Å²) in [6.45, 7) is 2.24. The molecular formula is C16H21N5O3. The molecule has 0 spiro atoms. The molecule has 0 radical (unpaired) electrons. The summed E-state index contributed by atoms with van der Waals surface area (Å²) in [4.78, 5) is 20.6. The predicted molar refractivity (Wildman–Crippen MR) is 88.2 cm³/mol. The van der Waals surface area contributed by atoms with Crippen LogP contribution in [0, 0.1) is 0 Å². The highest BCUT2D eigenvalue weighted by Crippen LogP contribution is 2.30. The molecule has 1 fully saturated rings. The summed E-state index contributed by atoms with van der Waals surface area (Å²) in [5.74, 6) is 1.31. The molecule has 0 unspecified atom stereocenters. The lowest BCUT2D eigenvalue weighted by molar-refractivity contribution is -0.121. The fourth-order valence-electron chi connectivity index (χ4n) is 2.85. The van der Waals surface area contributed by atoms with Crippen LogP contribution in [0.1, 0.15) is 5.69 Å². The van der Waals surface area contributed by atoms with Crippen molar-refractivity contribution in [2.24, 2.45) is 7.05 Å². The van der Waals surface area contributed by atoms with E-state index in [2.05, 4.69) is 15.0 Å². The van der Waals surface area contributed by atoms with Gasteiger partial charge in [0.25, 0.3) is 0 Å². The molecule has 8 heteroatoms. The number of rotatable bonds is 5. The van der Waals surface area contributed by atoms with Crippen molar-refractivity contribution >= 4 is 11.6 Å². The molecule has 0 saturated carbocycles. The second-order valence-electron chi connectivity index (χ2n) is 5.62. The highest BCUT2D eigenvalue weighted by molar-refractivity contribution is 5.95. The number of carbonyl (C=O) groups excluding carboxylic acids is 1. The van der Waals surface area contributed by atoms with Crippen LogP contribution in [0.2, 0.25) is 0 Å². The van der Waals surface area contributed by atoms with Crippen molar-refractivity contribution in [2.75, 3.05) is 38.8 Å². The molecule has 0 bridgehead atoms. The lowest BCUT2D eigenvalue weighted by Crippen LogP contribution is -2.50. The lowest BCUT2D eigenvalue weighted by atomic mass is 10.2. The first-order valence-corrected chi connectivity index (χ1v) is 7.69. The average Bonchev–Trinajstić information content (AvgIpc) is 3.00. The van der Waals surface area contributed by atoms with Crippen molar-refractivity contribution in [2.45, 2.75) is 6.54 Å². The van der Waals surface area contributed by atoms with Gasteiger partial charge in [0, 0.05) is 45.1 Å². The number of ether oxygens (including phenoxy) is 2. The fourth-order valence-corrected chi connectivity index (χ4v) is 2.85. The molecule has 128 valence electrons. The van der Waals surface area contributed by atoms with Gasteiger partial charge in [0.2, 0.25) is 5.91 Å². The summed E-state index contributed by atoms with van der Waals surface area (Å²) in [5.41, 5.74) is 1.60. The Hall–Kier alpha value is -2.61. The standard InChI is InChI=1S/C16H21N5O3/c1-19-9-12(8-18-19)21-7-6-20(11-15(21)22)10-13-16(24-3)14(23-2)4-5-17-13/h4-5,8-9H,6-7,10-11H2,1-3H3. The largest absolute Gasteiger partial charge is 0.493 e. The first-order valence-electron chi connectivity index (χ1n) is 7.69. The lowest BCUT2D eigenvalue weighted by Gasteiger charge is -2.33. The van der Waals surface area contributed by atoms with Gasteiger partial charge in [0.15, 0.2) is 11.5 Å². The minimum atomic E-state index is 0.0520. The minimum absolute atomic E-state index is 0.0520. The van der Waals surface area contributed by atoms with Crippen LogP contribution in [0.25, 0.3) is 0 Å². The van der Waals surface area contributed by atoms with Gasteiger partial charge in [0.1, 0.15) is 5.69 Å². The number of aromatic nitrogens is 3. The van der Waals surface area contributed by atoms with E-state index in [0.29, 0.717) is 31.1 Å². The third-order valence-corrected chi connectivity index (χ3v) is 4.04. The maximum absolute atomic E-state index is 12.5. The Morgan fingerprint density at radius 2 is 2.08 bits per heavy atom. The van der Waals surface area contributed by atoms with Crippen molar-refractivity contribution in [3.05, 3.63) is 30.4 Å². The molecule has 1 aliphatic rings. The van der Waals surface area contributed by atoms with Gasteiger partial charge in [-0.2, -0.15) is 5.10 Å². The molecule has 0 atom stereocenters. The van der Waals surface area contributed by atoms with Crippen LogP contribution in [0.15, 0.2) is 24.7 Å². The van der Waals surface area contributed by atoms with Crippen molar-refractivity contribution in [1.29, 1.82) is 0 Å². The Kier molecular flexibility index (Phi) is 4.66. The Morgan fingerprint density at radius 1 is 1.25 bits per heavy atom. The number of nitrogens with zero attached hydrogens (tertiary/aromatic N) is 5. The predicted octanol–water partition coefficient (Wildman–Crippen LogP) is 0.681. The number of pyridine rings is 1. The summed E-state index contributed by atoms with van der Waals surface area (Å²) in [6.07, 6.45) is 5.24. The quantitative estimate of drug-likeness (QED) is 0.802. The summed E-state index contributed by atoms with van der Waals surface area (Å²) in [7, 11) is 5.03. The highest BCUT2D eigenvalue weighted by Gasteiger charge is 2.27. The second kappa shape index (κ2) is 6.88. The molecule has 2 aromatic rings. The third-order valence-electron chi connectivity index (χ3n) is 4.04. The third kappa shape index (κ3) is 3.18. The van der Waals surface area contributed by atoms with Crippen LogP contribution in [-0.2, 0) is 18.4 Å². The first kappa shape index (κ1) is 16.3. The molecule has 2 aromatic heterocycles. The summed E-state index contributed by atoms with van der Waals surface area (Å²) in [6, 6.07) is 1.76. The van der Waals surface area contributed by atoms with E-state index in [0.717, 1.165) is 17.9 Å². The van der Waals surface area contributed by atoms with E-state index < -0.39 is 0 Å². The first-order chi connectivity index (χ1) is 11.6. The van der Waals surface area contributed by atoms with Crippen LogP contribution in [0.3, 0.4) is 0 Å². The van der Waals surface area contributed by atoms with Crippen molar-refractivity contribution in [3.63, 3.8) is 0 Å². The Labute approximate surface area is 140 Å². The maximum Gasteiger partial charge on any atom is 0.241 e. The van der Waals surface area contributed by atoms with E-state index in [-0.39, 0.29) is 5.91 Å². The Balaban J connectivity index is 1.70. The highest BCUT2D eigenvalue weighted by atomic mass is 16.5. The molecular weight excluding hydrogens is 310 g/mol. The van der Waals surface area contributed by atoms with E-state index in [1.807, 2.05) is 13.2 Å². The molecule has 8 nitrogen and oxygen atoms in total. The summed E-state index contributed by atoms with van der Waals surface area (Å²) in [5, 5.41) is 4.12. The van der Waals surface area contributed by atoms with Gasteiger partial charge in [-0.3, -0.25) is 19.4 Å². The SMILES string of the molecule is COc1ccnc(CN2CCN(c3cnn(C)c3)C(=O)C2)c1OC. The zero-order valence-electron chi connectivity index (χ0n) is 14.1. The van der Waals surface area contributed by atoms with E-state index >= 15 is 0 Å². The van der Waals surface area contributed by atoms with E-state index in [1.54, 1.807) is 42.3 Å². The van der Waals surface area contributed by atoms with Gasteiger partial charge >= 0.3 is 0 Å². The zero-order valence-corrected chi connectivity index (χ0v) is 14.1. The molecule has 0 N–H and O–H groups in total. The Bertz CT molecular complexity index is 730. The van der Waals surface area contributed by atoms with Crippen molar-refractivity contribution in [3.8, 4) is 11.5 Å². The van der Waals surface area contributed by atoms with E-state index in [9.17, 15) is 4.79 Å². The molecule has 3 rings (SSSR count). The molecule has 1 aliphatic heterocycles. The van der Waals surface area contributed by atoms with Gasteiger partial charge in [-0.1, -0.05) is 0 Å². The number of hydrogen-bond acceptors (Lipinski definition) is 6. The van der Waals surface area contributed by atoms with Gasteiger partial charge in [-0.25, -0.2) is 0 Å². The number of hydrogen-bond donors (Lipinski definition) is 0. The second-order valence-corrected chi connectivity index (χ2v) is 5.62. The molecule has 0 aliphatic carbocycles. The van der Waals surface area contributed by atoms with Crippen LogP contribution >= 0.6 is 0 Å². The molecule has 1 amide bonds.